The largest absolute Gasteiger partial charge is 0.393 e. The second kappa shape index (κ2) is 5.40. The zero-order valence-electron chi connectivity index (χ0n) is 15.7. The van der Waals surface area contributed by atoms with E-state index < -0.39 is 17.1 Å². The standard InChI is InChI=1S/C21H32O4/c1-12(22)17-11-18(24)21(25)16-5-4-13-10-14(23)6-8-19(13,2)15(16)7-9-20(17,21)3/h4,12,14-17,22-23,25H,5-11H2,1-3H3. The molecule has 4 heteroatoms. The number of carbonyl (C=O) groups is 1. The minimum atomic E-state index is -1.32. The van der Waals surface area contributed by atoms with Gasteiger partial charge in [-0.25, -0.2) is 0 Å². The molecule has 0 aromatic carbocycles. The lowest BCUT2D eigenvalue weighted by Gasteiger charge is -2.60. The van der Waals surface area contributed by atoms with E-state index in [2.05, 4.69) is 13.0 Å². The van der Waals surface area contributed by atoms with Crippen molar-refractivity contribution in [1.82, 2.24) is 0 Å². The molecule has 0 aromatic rings. The molecule has 0 radical (unpaired) electrons. The molecule has 3 fully saturated rings. The molecule has 4 aliphatic rings. The molecule has 0 heterocycles. The number of rotatable bonds is 1. The number of allylic oxidation sites excluding steroid dienone is 1. The average Bonchev–Trinajstić information content (AvgIpc) is 2.76. The van der Waals surface area contributed by atoms with Crippen LogP contribution in [0.2, 0.25) is 0 Å². The average molecular weight is 348 g/mol. The number of ketones is 1. The molecule has 3 saturated carbocycles. The Morgan fingerprint density at radius 1 is 1.16 bits per heavy atom. The van der Waals surface area contributed by atoms with Crippen molar-refractivity contribution in [2.75, 3.05) is 0 Å². The first kappa shape index (κ1) is 17.7. The molecule has 0 aromatic heterocycles. The minimum Gasteiger partial charge on any atom is -0.393 e. The summed E-state index contributed by atoms with van der Waals surface area (Å²) in [5, 5.41) is 32.1. The third-order valence-electron chi connectivity index (χ3n) is 8.72. The van der Waals surface area contributed by atoms with Crippen LogP contribution in [-0.2, 0) is 4.79 Å². The molecule has 4 rings (SSSR count). The number of hydrogen-bond donors (Lipinski definition) is 3. The summed E-state index contributed by atoms with van der Waals surface area (Å²) >= 11 is 0. The topological polar surface area (TPSA) is 77.8 Å². The first-order chi connectivity index (χ1) is 11.6. The molecule has 4 nitrogen and oxygen atoms in total. The van der Waals surface area contributed by atoms with E-state index in [4.69, 9.17) is 0 Å². The maximum absolute atomic E-state index is 13.0. The number of aliphatic hydroxyl groups excluding tert-OH is 2. The van der Waals surface area contributed by atoms with Crippen molar-refractivity contribution in [2.45, 2.75) is 83.5 Å². The highest BCUT2D eigenvalue weighted by molar-refractivity contribution is 5.92. The fourth-order valence-corrected chi connectivity index (χ4v) is 7.16. The molecule has 8 atom stereocenters. The van der Waals surface area contributed by atoms with E-state index in [0.717, 1.165) is 32.1 Å². The van der Waals surface area contributed by atoms with Crippen LogP contribution in [0.3, 0.4) is 0 Å². The number of hydrogen-bond acceptors (Lipinski definition) is 4. The predicted molar refractivity (Wildman–Crippen MR) is 94.7 cm³/mol. The summed E-state index contributed by atoms with van der Waals surface area (Å²) in [5.74, 6) is 0.00507. The van der Waals surface area contributed by atoms with Crippen molar-refractivity contribution in [3.05, 3.63) is 11.6 Å². The summed E-state index contributed by atoms with van der Waals surface area (Å²) in [6.07, 6.45) is 6.64. The van der Waals surface area contributed by atoms with Gasteiger partial charge >= 0.3 is 0 Å². The lowest BCUT2D eigenvalue weighted by atomic mass is 9.45. The van der Waals surface area contributed by atoms with E-state index in [0.29, 0.717) is 12.8 Å². The van der Waals surface area contributed by atoms with Gasteiger partial charge in [-0.15, -0.1) is 0 Å². The second-order valence-electron chi connectivity index (χ2n) is 9.69. The van der Waals surface area contributed by atoms with Gasteiger partial charge in [0.25, 0.3) is 0 Å². The summed E-state index contributed by atoms with van der Waals surface area (Å²) in [6.45, 7) is 6.06. The summed E-state index contributed by atoms with van der Waals surface area (Å²) in [4.78, 5) is 13.0. The molecule has 0 amide bonds. The Bertz CT molecular complexity index is 625. The van der Waals surface area contributed by atoms with Gasteiger partial charge in [0.1, 0.15) is 5.60 Å². The Balaban J connectivity index is 1.76. The van der Waals surface area contributed by atoms with Gasteiger partial charge in [0.15, 0.2) is 5.78 Å². The summed E-state index contributed by atoms with van der Waals surface area (Å²) in [5.41, 5.74) is -0.534. The quantitative estimate of drug-likeness (QED) is 0.637. The summed E-state index contributed by atoms with van der Waals surface area (Å²) in [7, 11) is 0. The van der Waals surface area contributed by atoms with Crippen LogP contribution in [0.25, 0.3) is 0 Å². The van der Waals surface area contributed by atoms with E-state index in [1.54, 1.807) is 6.92 Å². The zero-order chi connectivity index (χ0) is 18.2. The van der Waals surface area contributed by atoms with Gasteiger partial charge in [0.05, 0.1) is 12.2 Å². The van der Waals surface area contributed by atoms with Crippen molar-refractivity contribution in [2.24, 2.45) is 28.6 Å². The fraction of sp³-hybridized carbons (Fsp3) is 0.857. The van der Waals surface area contributed by atoms with Crippen LogP contribution in [0.15, 0.2) is 11.6 Å². The number of fused-ring (bicyclic) bond motifs is 5. The van der Waals surface area contributed by atoms with Gasteiger partial charge in [0, 0.05) is 23.7 Å². The summed E-state index contributed by atoms with van der Waals surface area (Å²) < 4.78 is 0. The number of carbonyl (C=O) groups excluding carboxylic acids is 1. The molecule has 140 valence electrons. The first-order valence-electron chi connectivity index (χ1n) is 9.96. The highest BCUT2D eigenvalue weighted by Crippen LogP contribution is 2.67. The van der Waals surface area contributed by atoms with Crippen LogP contribution in [0, 0.1) is 28.6 Å². The van der Waals surface area contributed by atoms with Crippen molar-refractivity contribution in [3.63, 3.8) is 0 Å². The van der Waals surface area contributed by atoms with Crippen molar-refractivity contribution in [3.8, 4) is 0 Å². The van der Waals surface area contributed by atoms with Gasteiger partial charge in [-0.05, 0) is 56.8 Å². The molecule has 8 unspecified atom stereocenters. The van der Waals surface area contributed by atoms with Crippen LogP contribution in [0.5, 0.6) is 0 Å². The van der Waals surface area contributed by atoms with E-state index in [-0.39, 0.29) is 35.1 Å². The lowest BCUT2D eigenvalue weighted by Crippen LogP contribution is -2.63. The third kappa shape index (κ3) is 2.08. The molecular formula is C21H32O4. The summed E-state index contributed by atoms with van der Waals surface area (Å²) in [6, 6.07) is 0. The van der Waals surface area contributed by atoms with E-state index in [1.807, 2.05) is 6.92 Å². The third-order valence-corrected chi connectivity index (χ3v) is 8.72. The first-order valence-corrected chi connectivity index (χ1v) is 9.96. The Kier molecular flexibility index (Phi) is 3.82. The maximum Gasteiger partial charge on any atom is 0.165 e. The van der Waals surface area contributed by atoms with Crippen LogP contribution < -0.4 is 0 Å². The van der Waals surface area contributed by atoms with E-state index >= 15 is 0 Å². The number of Topliss-reactive ketones (excluding diaryl/α,β-unsaturated/α-hetero) is 1. The highest BCUT2D eigenvalue weighted by Gasteiger charge is 2.70. The maximum atomic E-state index is 13.0. The van der Waals surface area contributed by atoms with Crippen molar-refractivity contribution >= 4 is 5.78 Å². The van der Waals surface area contributed by atoms with Crippen LogP contribution in [-0.4, -0.2) is 38.9 Å². The fourth-order valence-electron chi connectivity index (χ4n) is 7.16. The Hall–Kier alpha value is -0.710. The van der Waals surface area contributed by atoms with Crippen molar-refractivity contribution in [1.29, 1.82) is 0 Å². The lowest BCUT2D eigenvalue weighted by molar-refractivity contribution is -0.190. The molecular weight excluding hydrogens is 316 g/mol. The van der Waals surface area contributed by atoms with Gasteiger partial charge < -0.3 is 15.3 Å². The smallest absolute Gasteiger partial charge is 0.165 e. The van der Waals surface area contributed by atoms with Gasteiger partial charge in [0.2, 0.25) is 0 Å². The molecule has 3 N–H and O–H groups in total. The normalized spacial score (nSPS) is 53.5. The predicted octanol–water partition coefficient (Wildman–Crippen LogP) is 2.60. The highest BCUT2D eigenvalue weighted by atomic mass is 16.3. The SMILES string of the molecule is CC(O)C1CC(=O)C2(O)C3CC=C4CC(O)CCC4(C)C3CCC12C. The number of aliphatic hydroxyl groups is 3. The van der Waals surface area contributed by atoms with Gasteiger partial charge in [-0.2, -0.15) is 0 Å². The Morgan fingerprint density at radius 2 is 1.88 bits per heavy atom. The van der Waals surface area contributed by atoms with E-state index in [1.165, 1.54) is 5.57 Å². The monoisotopic (exact) mass is 348 g/mol. The molecule has 0 bridgehead atoms. The molecule has 0 aliphatic heterocycles. The molecule has 25 heavy (non-hydrogen) atoms. The van der Waals surface area contributed by atoms with Crippen LogP contribution >= 0.6 is 0 Å². The molecule has 0 saturated heterocycles. The zero-order valence-corrected chi connectivity index (χ0v) is 15.7. The molecule has 0 spiro atoms. The second-order valence-corrected chi connectivity index (χ2v) is 9.69. The minimum absolute atomic E-state index is 0.0115. The van der Waals surface area contributed by atoms with Gasteiger partial charge in [-0.3, -0.25) is 4.79 Å². The Labute approximate surface area is 150 Å². The van der Waals surface area contributed by atoms with Crippen LogP contribution in [0.4, 0.5) is 0 Å². The van der Waals surface area contributed by atoms with Gasteiger partial charge in [-0.1, -0.05) is 25.5 Å². The molecule has 4 aliphatic carbocycles. The van der Waals surface area contributed by atoms with E-state index in [9.17, 15) is 20.1 Å². The van der Waals surface area contributed by atoms with Crippen molar-refractivity contribution < 1.29 is 20.1 Å². The Morgan fingerprint density at radius 3 is 2.56 bits per heavy atom. The van der Waals surface area contributed by atoms with Crippen LogP contribution in [0.1, 0.15) is 65.7 Å².